The van der Waals surface area contributed by atoms with Gasteiger partial charge in [0, 0.05) is 23.4 Å². The lowest BCUT2D eigenvalue weighted by atomic mass is 9.95. The predicted molar refractivity (Wildman–Crippen MR) is 132 cm³/mol. The van der Waals surface area contributed by atoms with Gasteiger partial charge in [-0.1, -0.05) is 30.3 Å². The molecule has 35 heavy (non-hydrogen) atoms. The van der Waals surface area contributed by atoms with Gasteiger partial charge in [-0.2, -0.15) is 0 Å². The molecule has 0 spiro atoms. The third kappa shape index (κ3) is 4.99. The molecule has 2 aliphatic rings. The van der Waals surface area contributed by atoms with Gasteiger partial charge in [-0.15, -0.1) is 11.3 Å². The van der Waals surface area contributed by atoms with E-state index >= 15 is 0 Å². The summed E-state index contributed by atoms with van der Waals surface area (Å²) >= 11 is 1.62. The van der Waals surface area contributed by atoms with Crippen molar-refractivity contribution >= 4 is 28.9 Å². The number of phenolic OH excluding ortho intramolecular Hbond substituents is 1. The Kier molecular flexibility index (Phi) is 6.66. The minimum absolute atomic E-state index is 0.0185. The molecule has 0 saturated carbocycles. The Balaban J connectivity index is 1.37. The van der Waals surface area contributed by atoms with Crippen LogP contribution < -0.4 is 5.32 Å². The molecule has 1 unspecified atom stereocenters. The molecule has 2 amide bonds. The number of Topliss-reactive ketones (excluding diaryl/α,β-unsaturated/α-hetero) is 1. The zero-order valence-electron chi connectivity index (χ0n) is 19.1. The molecule has 7 nitrogen and oxygen atoms in total. The van der Waals surface area contributed by atoms with E-state index < -0.39 is 12.1 Å². The second kappa shape index (κ2) is 10.0. The lowest BCUT2D eigenvalue weighted by Gasteiger charge is -2.37. The number of ether oxygens (including phenoxy) is 1. The maximum atomic E-state index is 13.7. The van der Waals surface area contributed by atoms with Crippen LogP contribution in [0.2, 0.25) is 0 Å². The Labute approximate surface area is 207 Å². The Morgan fingerprint density at radius 3 is 2.60 bits per heavy atom. The van der Waals surface area contributed by atoms with Crippen LogP contribution in [0.15, 0.2) is 66.0 Å². The highest BCUT2D eigenvalue weighted by molar-refractivity contribution is 7.13. The molecule has 2 fully saturated rings. The van der Waals surface area contributed by atoms with E-state index in [4.69, 9.17) is 4.74 Å². The van der Waals surface area contributed by atoms with E-state index in [1.807, 2.05) is 29.6 Å². The van der Waals surface area contributed by atoms with E-state index in [9.17, 15) is 19.5 Å². The van der Waals surface area contributed by atoms with Crippen molar-refractivity contribution in [3.05, 3.63) is 77.2 Å². The number of hydrogen-bond donors (Lipinski definition) is 2. The molecule has 8 heteroatoms. The van der Waals surface area contributed by atoms with E-state index in [2.05, 4.69) is 5.32 Å². The number of likely N-dealkylation sites (tertiary alicyclic amines) is 1. The van der Waals surface area contributed by atoms with Crippen molar-refractivity contribution in [2.75, 3.05) is 13.2 Å². The van der Waals surface area contributed by atoms with Crippen molar-refractivity contribution in [1.82, 2.24) is 10.2 Å². The standard InChI is InChI=1S/C27H26N2O5S/c30-20-11-5-17(6-12-20)15-21(27(33)29-13-1-3-23-25(29)22(31)16-34-23)28-26(32)19-9-7-18(8-10-19)24-4-2-14-35-24/h2,4-12,14,21,23,25,30H,1,3,13,15-16H2,(H,28,32)/t21?,23-,25-/m1/s1. The number of carbonyl (C=O) groups excluding carboxylic acids is 3. The van der Waals surface area contributed by atoms with Crippen LogP contribution in [0.4, 0.5) is 0 Å². The van der Waals surface area contributed by atoms with Gasteiger partial charge in [0.15, 0.2) is 5.78 Å². The topological polar surface area (TPSA) is 95.9 Å². The number of phenols is 1. The number of carbonyl (C=O) groups is 3. The number of thiophene rings is 1. The molecule has 1 aromatic heterocycles. The molecular weight excluding hydrogens is 464 g/mol. The molecule has 0 bridgehead atoms. The molecule has 2 saturated heterocycles. The highest BCUT2D eigenvalue weighted by atomic mass is 32.1. The molecule has 180 valence electrons. The number of ketones is 1. The lowest BCUT2D eigenvalue weighted by Crippen LogP contribution is -2.58. The minimum Gasteiger partial charge on any atom is -0.508 e. The first-order chi connectivity index (χ1) is 17.0. The summed E-state index contributed by atoms with van der Waals surface area (Å²) in [6.07, 6.45) is 1.44. The van der Waals surface area contributed by atoms with Crippen LogP contribution in [-0.4, -0.2) is 58.9 Å². The molecule has 0 aliphatic carbocycles. The van der Waals surface area contributed by atoms with Gasteiger partial charge in [0.25, 0.3) is 5.91 Å². The normalized spacial score (nSPS) is 20.3. The molecule has 3 atom stereocenters. The summed E-state index contributed by atoms with van der Waals surface area (Å²) in [5, 5.41) is 14.5. The summed E-state index contributed by atoms with van der Waals surface area (Å²) in [7, 11) is 0. The Hall–Kier alpha value is -3.49. The van der Waals surface area contributed by atoms with Gasteiger partial charge in [0.1, 0.15) is 24.4 Å². The smallest absolute Gasteiger partial charge is 0.251 e. The van der Waals surface area contributed by atoms with Gasteiger partial charge in [-0.05, 0) is 59.7 Å². The molecular formula is C27H26N2O5S. The van der Waals surface area contributed by atoms with Gasteiger partial charge in [0.05, 0.1) is 6.10 Å². The van der Waals surface area contributed by atoms with Gasteiger partial charge < -0.3 is 20.1 Å². The van der Waals surface area contributed by atoms with Crippen molar-refractivity contribution < 1.29 is 24.2 Å². The second-order valence-corrected chi connectivity index (χ2v) is 9.83. The molecule has 2 aromatic carbocycles. The van der Waals surface area contributed by atoms with Crippen molar-refractivity contribution in [2.24, 2.45) is 0 Å². The van der Waals surface area contributed by atoms with Crippen LogP contribution in [0.1, 0.15) is 28.8 Å². The zero-order valence-corrected chi connectivity index (χ0v) is 19.9. The average molecular weight is 491 g/mol. The van der Waals surface area contributed by atoms with Crippen molar-refractivity contribution in [2.45, 2.75) is 37.5 Å². The van der Waals surface area contributed by atoms with E-state index in [1.54, 1.807) is 52.6 Å². The van der Waals surface area contributed by atoms with E-state index in [0.29, 0.717) is 12.1 Å². The molecule has 2 N–H and O–H groups in total. The zero-order chi connectivity index (χ0) is 24.4. The predicted octanol–water partition coefficient (Wildman–Crippen LogP) is 3.42. The summed E-state index contributed by atoms with van der Waals surface area (Å²) in [6.45, 7) is 0.469. The maximum absolute atomic E-state index is 13.7. The largest absolute Gasteiger partial charge is 0.508 e. The molecule has 3 heterocycles. The van der Waals surface area contributed by atoms with Crippen molar-refractivity contribution in [3.8, 4) is 16.2 Å². The number of nitrogens with one attached hydrogen (secondary N) is 1. The number of fused-ring (bicyclic) bond motifs is 1. The molecule has 0 radical (unpaired) electrons. The molecule has 2 aliphatic heterocycles. The van der Waals surface area contributed by atoms with Crippen LogP contribution in [0.5, 0.6) is 5.75 Å². The van der Waals surface area contributed by atoms with Crippen LogP contribution in [0, 0.1) is 0 Å². The number of aromatic hydroxyl groups is 1. The fourth-order valence-corrected chi connectivity index (χ4v) is 5.51. The number of rotatable bonds is 6. The number of amides is 2. The second-order valence-electron chi connectivity index (χ2n) is 8.89. The summed E-state index contributed by atoms with van der Waals surface area (Å²) in [5.41, 5.74) is 2.26. The van der Waals surface area contributed by atoms with Crippen LogP contribution in [0.3, 0.4) is 0 Å². The fourth-order valence-electron chi connectivity index (χ4n) is 4.78. The SMILES string of the molecule is O=C(NC(Cc1ccc(O)cc1)C(=O)N1CCC[C@H]2OCC(=O)[C@H]21)c1ccc(-c2cccs2)cc1. The van der Waals surface area contributed by atoms with Gasteiger partial charge in [0.2, 0.25) is 5.91 Å². The Morgan fingerprint density at radius 1 is 1.11 bits per heavy atom. The Morgan fingerprint density at radius 2 is 1.89 bits per heavy atom. The van der Waals surface area contributed by atoms with Crippen LogP contribution in [0.25, 0.3) is 10.4 Å². The monoisotopic (exact) mass is 490 g/mol. The minimum atomic E-state index is -0.865. The van der Waals surface area contributed by atoms with Gasteiger partial charge >= 0.3 is 0 Å². The van der Waals surface area contributed by atoms with E-state index in [0.717, 1.165) is 28.8 Å². The number of benzene rings is 2. The molecule has 5 rings (SSSR count). The van der Waals surface area contributed by atoms with E-state index in [1.165, 1.54) is 0 Å². The third-order valence-electron chi connectivity index (χ3n) is 6.56. The highest BCUT2D eigenvalue weighted by Crippen LogP contribution is 2.28. The van der Waals surface area contributed by atoms with E-state index in [-0.39, 0.29) is 42.5 Å². The van der Waals surface area contributed by atoms with Gasteiger partial charge in [-0.3, -0.25) is 14.4 Å². The summed E-state index contributed by atoms with van der Waals surface area (Å²) in [6, 6.07) is 16.4. The summed E-state index contributed by atoms with van der Waals surface area (Å²) in [4.78, 5) is 42.0. The fraction of sp³-hybridized carbons (Fsp3) is 0.296. The van der Waals surface area contributed by atoms with Crippen LogP contribution in [-0.2, 0) is 20.7 Å². The van der Waals surface area contributed by atoms with Crippen LogP contribution >= 0.6 is 11.3 Å². The van der Waals surface area contributed by atoms with Gasteiger partial charge in [-0.25, -0.2) is 0 Å². The Bertz CT molecular complexity index is 1210. The highest BCUT2D eigenvalue weighted by Gasteiger charge is 2.45. The van der Waals surface area contributed by atoms with Crippen molar-refractivity contribution in [1.29, 1.82) is 0 Å². The van der Waals surface area contributed by atoms with Crippen molar-refractivity contribution in [3.63, 3.8) is 0 Å². The summed E-state index contributed by atoms with van der Waals surface area (Å²) < 4.78 is 5.60. The summed E-state index contributed by atoms with van der Waals surface area (Å²) in [5.74, 6) is -0.626. The first-order valence-electron chi connectivity index (χ1n) is 11.7. The maximum Gasteiger partial charge on any atom is 0.251 e. The number of hydrogen-bond acceptors (Lipinski definition) is 6. The quantitative estimate of drug-likeness (QED) is 0.552. The lowest BCUT2D eigenvalue weighted by molar-refractivity contribution is -0.142. The first kappa shape index (κ1) is 23.3. The number of nitrogens with zero attached hydrogens (tertiary/aromatic N) is 1. The number of piperidine rings is 1. The average Bonchev–Trinajstić information content (AvgIpc) is 3.55. The molecule has 3 aromatic rings. The first-order valence-corrected chi connectivity index (χ1v) is 12.5. The third-order valence-corrected chi connectivity index (χ3v) is 7.48.